The Labute approximate surface area is 186 Å². The number of aromatic nitrogens is 1. The normalized spacial score (nSPS) is 10.3. The summed E-state index contributed by atoms with van der Waals surface area (Å²) in [5.41, 5.74) is 2.73. The Bertz CT molecular complexity index is 1120. The molecule has 3 rings (SSSR count). The van der Waals surface area contributed by atoms with Crippen LogP contribution in [-0.4, -0.2) is 30.6 Å². The van der Waals surface area contributed by atoms with Crippen LogP contribution in [-0.2, 0) is 6.61 Å². The molecule has 0 bridgehead atoms. The molecule has 32 heavy (non-hydrogen) atoms. The summed E-state index contributed by atoms with van der Waals surface area (Å²) in [6.07, 6.45) is 1.58. The zero-order valence-electron chi connectivity index (χ0n) is 18.2. The van der Waals surface area contributed by atoms with Crippen LogP contribution in [0.2, 0.25) is 0 Å². The highest BCUT2D eigenvalue weighted by atomic mass is 16.5. The van der Waals surface area contributed by atoms with Gasteiger partial charge in [0, 0.05) is 12.1 Å². The maximum atomic E-state index is 12.8. The summed E-state index contributed by atoms with van der Waals surface area (Å²) in [4.78, 5) is 25.2. The summed E-state index contributed by atoms with van der Waals surface area (Å²) in [6.45, 7) is 7.83. The minimum atomic E-state index is -0.385. The van der Waals surface area contributed by atoms with Crippen molar-refractivity contribution in [3.8, 4) is 11.5 Å². The van der Waals surface area contributed by atoms with E-state index in [-0.39, 0.29) is 18.4 Å². The van der Waals surface area contributed by atoms with E-state index in [4.69, 9.17) is 14.0 Å². The van der Waals surface area contributed by atoms with Crippen LogP contribution in [0, 0.1) is 13.8 Å². The lowest BCUT2D eigenvalue weighted by Crippen LogP contribution is -2.25. The number of ether oxygens (including phenoxy) is 2. The number of anilines is 1. The molecule has 0 saturated heterocycles. The highest BCUT2D eigenvalue weighted by molar-refractivity contribution is 6.09. The topological polar surface area (TPSA) is 103 Å². The van der Waals surface area contributed by atoms with E-state index in [0.29, 0.717) is 40.6 Å². The predicted molar refractivity (Wildman–Crippen MR) is 120 cm³/mol. The number of hydrogen-bond donors (Lipinski definition) is 2. The first kappa shape index (κ1) is 22.6. The molecule has 1 aromatic heterocycles. The van der Waals surface area contributed by atoms with Crippen molar-refractivity contribution in [1.82, 2.24) is 10.5 Å². The molecule has 2 N–H and O–H groups in total. The molecule has 0 fully saturated rings. The molecule has 2 amide bonds. The van der Waals surface area contributed by atoms with Gasteiger partial charge in [0.05, 0.1) is 29.6 Å². The van der Waals surface area contributed by atoms with Gasteiger partial charge in [-0.1, -0.05) is 23.4 Å². The van der Waals surface area contributed by atoms with E-state index in [9.17, 15) is 9.59 Å². The number of nitrogens with one attached hydrogen (secondary N) is 2. The van der Waals surface area contributed by atoms with Gasteiger partial charge in [-0.25, -0.2) is 0 Å². The highest BCUT2D eigenvalue weighted by Crippen LogP contribution is 2.30. The Kier molecular flexibility index (Phi) is 7.28. The third kappa shape index (κ3) is 5.15. The van der Waals surface area contributed by atoms with Crippen LogP contribution in [0.3, 0.4) is 0 Å². The average molecular weight is 435 g/mol. The van der Waals surface area contributed by atoms with Crippen molar-refractivity contribution in [1.29, 1.82) is 0 Å². The highest BCUT2D eigenvalue weighted by Gasteiger charge is 2.16. The largest absolute Gasteiger partial charge is 0.493 e. The summed E-state index contributed by atoms with van der Waals surface area (Å²) in [5, 5.41) is 9.40. The number of carbonyl (C=O) groups is 2. The van der Waals surface area contributed by atoms with Gasteiger partial charge in [0.2, 0.25) is 0 Å². The fourth-order valence-electron chi connectivity index (χ4n) is 3.03. The number of carbonyl (C=O) groups excluding carboxylic acids is 2. The minimum Gasteiger partial charge on any atom is -0.493 e. The second-order valence-electron chi connectivity index (χ2n) is 6.96. The maximum Gasteiger partial charge on any atom is 0.255 e. The van der Waals surface area contributed by atoms with Crippen LogP contribution in [0.15, 0.2) is 59.6 Å². The van der Waals surface area contributed by atoms with Crippen molar-refractivity contribution in [3.63, 3.8) is 0 Å². The summed E-state index contributed by atoms with van der Waals surface area (Å²) in [6, 6.07) is 11.6. The van der Waals surface area contributed by atoms with E-state index in [1.54, 1.807) is 48.5 Å². The van der Waals surface area contributed by atoms with Gasteiger partial charge in [0.1, 0.15) is 12.4 Å². The lowest BCUT2D eigenvalue weighted by molar-refractivity contribution is 0.0959. The smallest absolute Gasteiger partial charge is 0.255 e. The number of nitrogens with zero attached hydrogens (tertiary/aromatic N) is 1. The SMILES string of the molecule is C=CCNC(=O)c1ccccc1NC(=O)c1ccc(OCc2c(C)noc2C)c(OC)c1. The predicted octanol–water partition coefficient (Wildman–Crippen LogP) is 4.05. The lowest BCUT2D eigenvalue weighted by atomic mass is 10.1. The van der Waals surface area contributed by atoms with Gasteiger partial charge in [0.25, 0.3) is 11.8 Å². The fraction of sp³-hybridized carbons (Fsp3) is 0.208. The second-order valence-corrected chi connectivity index (χ2v) is 6.96. The Morgan fingerprint density at radius 1 is 1.12 bits per heavy atom. The Morgan fingerprint density at radius 2 is 1.91 bits per heavy atom. The molecular formula is C24H25N3O5. The van der Waals surface area contributed by atoms with Crippen molar-refractivity contribution in [2.45, 2.75) is 20.5 Å². The Balaban J connectivity index is 1.75. The molecule has 3 aromatic rings. The average Bonchev–Trinajstić information content (AvgIpc) is 3.13. The first-order valence-electron chi connectivity index (χ1n) is 9.96. The summed E-state index contributed by atoms with van der Waals surface area (Å²) in [7, 11) is 1.50. The molecule has 0 saturated carbocycles. The van der Waals surface area contributed by atoms with E-state index in [1.165, 1.54) is 7.11 Å². The van der Waals surface area contributed by atoms with Crippen LogP contribution >= 0.6 is 0 Å². The van der Waals surface area contributed by atoms with Crippen molar-refractivity contribution in [2.75, 3.05) is 19.0 Å². The number of aryl methyl sites for hydroxylation is 2. The number of benzene rings is 2. The quantitative estimate of drug-likeness (QED) is 0.492. The standard InChI is InChI=1S/C24H25N3O5/c1-5-12-25-24(29)18-8-6-7-9-20(18)26-23(28)17-10-11-21(22(13-17)30-4)31-14-19-15(2)27-32-16(19)3/h5-11,13H,1,12,14H2,2-4H3,(H,25,29)(H,26,28). The van der Waals surface area contributed by atoms with Crippen LogP contribution < -0.4 is 20.1 Å². The molecule has 2 aromatic carbocycles. The zero-order valence-corrected chi connectivity index (χ0v) is 18.2. The van der Waals surface area contributed by atoms with Gasteiger partial charge in [-0.15, -0.1) is 6.58 Å². The zero-order chi connectivity index (χ0) is 23.1. The van der Waals surface area contributed by atoms with Crippen LogP contribution in [0.1, 0.15) is 37.7 Å². The summed E-state index contributed by atoms with van der Waals surface area (Å²) >= 11 is 0. The van der Waals surface area contributed by atoms with Crippen LogP contribution in [0.4, 0.5) is 5.69 Å². The van der Waals surface area contributed by atoms with Crippen molar-refractivity contribution in [2.24, 2.45) is 0 Å². The molecule has 0 aliphatic carbocycles. The number of para-hydroxylation sites is 1. The van der Waals surface area contributed by atoms with Gasteiger partial charge in [0.15, 0.2) is 11.5 Å². The molecule has 0 aliphatic rings. The van der Waals surface area contributed by atoms with Crippen LogP contribution in [0.25, 0.3) is 0 Å². The molecule has 0 spiro atoms. The monoisotopic (exact) mass is 435 g/mol. The third-order valence-electron chi connectivity index (χ3n) is 4.81. The van der Waals surface area contributed by atoms with Crippen LogP contribution in [0.5, 0.6) is 11.5 Å². The van der Waals surface area contributed by atoms with Crippen molar-refractivity contribution < 1.29 is 23.6 Å². The summed E-state index contributed by atoms with van der Waals surface area (Å²) in [5.74, 6) is 0.883. The molecule has 8 heteroatoms. The van der Waals surface area contributed by atoms with E-state index in [1.807, 2.05) is 13.8 Å². The summed E-state index contributed by atoms with van der Waals surface area (Å²) < 4.78 is 16.4. The van der Waals surface area contributed by atoms with E-state index >= 15 is 0 Å². The number of amides is 2. The molecule has 166 valence electrons. The van der Waals surface area contributed by atoms with Gasteiger partial charge >= 0.3 is 0 Å². The second kappa shape index (κ2) is 10.3. The van der Waals surface area contributed by atoms with E-state index in [0.717, 1.165) is 11.3 Å². The Hall–Kier alpha value is -4.07. The Morgan fingerprint density at radius 3 is 2.59 bits per heavy atom. The maximum absolute atomic E-state index is 12.8. The van der Waals surface area contributed by atoms with Gasteiger partial charge in [-0.3, -0.25) is 9.59 Å². The van der Waals surface area contributed by atoms with Gasteiger partial charge < -0.3 is 24.6 Å². The minimum absolute atomic E-state index is 0.260. The molecule has 1 heterocycles. The fourth-order valence-corrected chi connectivity index (χ4v) is 3.03. The first-order chi connectivity index (χ1) is 15.4. The molecule has 0 aliphatic heterocycles. The number of methoxy groups -OCH3 is 1. The number of rotatable bonds is 9. The van der Waals surface area contributed by atoms with Crippen molar-refractivity contribution >= 4 is 17.5 Å². The third-order valence-corrected chi connectivity index (χ3v) is 4.81. The van der Waals surface area contributed by atoms with Crippen molar-refractivity contribution in [3.05, 3.63) is 83.3 Å². The van der Waals surface area contributed by atoms with Gasteiger partial charge in [-0.05, 0) is 44.2 Å². The molecular weight excluding hydrogens is 410 g/mol. The van der Waals surface area contributed by atoms with Gasteiger partial charge in [-0.2, -0.15) is 0 Å². The molecule has 8 nitrogen and oxygen atoms in total. The van der Waals surface area contributed by atoms with E-state index < -0.39 is 0 Å². The number of hydrogen-bond acceptors (Lipinski definition) is 6. The lowest BCUT2D eigenvalue weighted by Gasteiger charge is -2.13. The molecule has 0 unspecified atom stereocenters. The molecule has 0 atom stereocenters. The first-order valence-corrected chi connectivity index (χ1v) is 9.96. The van der Waals surface area contributed by atoms with E-state index in [2.05, 4.69) is 22.4 Å². The molecule has 0 radical (unpaired) electrons.